The van der Waals surface area contributed by atoms with E-state index in [0.717, 1.165) is 8.66 Å². The highest BCUT2D eigenvalue weighted by Gasteiger charge is 2.34. The Morgan fingerprint density at radius 2 is 1.87 bits per heavy atom. The molecule has 0 bridgehead atoms. The van der Waals surface area contributed by atoms with E-state index in [2.05, 4.69) is 21.2 Å². The molecule has 0 saturated carbocycles. The van der Waals surface area contributed by atoms with Crippen LogP contribution in [0.5, 0.6) is 0 Å². The van der Waals surface area contributed by atoms with Crippen molar-refractivity contribution in [1.82, 2.24) is 5.32 Å². The summed E-state index contributed by atoms with van der Waals surface area (Å²) in [5.74, 6) is -0.972. The van der Waals surface area contributed by atoms with Crippen LogP contribution in [-0.2, 0) is 9.59 Å². The second-order valence-corrected chi connectivity index (χ2v) is 7.89. The van der Waals surface area contributed by atoms with Gasteiger partial charge in [0.1, 0.15) is 5.57 Å². The summed E-state index contributed by atoms with van der Waals surface area (Å²) in [6.45, 7) is 0. The van der Waals surface area contributed by atoms with E-state index >= 15 is 0 Å². The zero-order valence-electron chi connectivity index (χ0n) is 11.4. The van der Waals surface area contributed by atoms with E-state index in [1.54, 1.807) is 30.3 Å². The maximum absolute atomic E-state index is 12.7. The molecule has 23 heavy (non-hydrogen) atoms. The smallest absolute Gasteiger partial charge is 0.270 e. The molecule has 4 nitrogen and oxygen atoms in total. The van der Waals surface area contributed by atoms with Gasteiger partial charge in [-0.1, -0.05) is 11.6 Å². The average molecular weight is 428 g/mol. The largest absolute Gasteiger partial charge is 0.298 e. The van der Waals surface area contributed by atoms with E-state index in [9.17, 15) is 9.59 Å². The molecule has 2 amide bonds. The Morgan fingerprint density at radius 1 is 1.17 bits per heavy atom. The van der Waals surface area contributed by atoms with Crippen molar-refractivity contribution in [3.63, 3.8) is 0 Å². The van der Waals surface area contributed by atoms with Gasteiger partial charge in [0.15, 0.2) is 5.11 Å². The first-order chi connectivity index (χ1) is 11.0. The number of carbonyl (C=O) groups excluding carboxylic acids is 2. The minimum absolute atomic E-state index is 0.0305. The van der Waals surface area contributed by atoms with Crippen molar-refractivity contribution >= 4 is 79.8 Å². The summed E-state index contributed by atoms with van der Waals surface area (Å²) in [7, 11) is 0. The van der Waals surface area contributed by atoms with E-state index in [1.165, 1.54) is 16.2 Å². The van der Waals surface area contributed by atoms with Gasteiger partial charge in [0.25, 0.3) is 11.8 Å². The third-order valence-electron chi connectivity index (χ3n) is 3.07. The minimum Gasteiger partial charge on any atom is -0.298 e. The van der Waals surface area contributed by atoms with Gasteiger partial charge in [-0.05, 0) is 70.6 Å². The number of halogens is 2. The second kappa shape index (κ2) is 6.52. The van der Waals surface area contributed by atoms with Crippen LogP contribution in [0.2, 0.25) is 5.02 Å². The number of nitrogens with one attached hydrogen (secondary N) is 1. The fraction of sp³-hybridized carbons (Fsp3) is 0. The normalized spacial score (nSPS) is 16.9. The Bertz CT molecular complexity index is 845. The molecule has 0 aliphatic carbocycles. The van der Waals surface area contributed by atoms with Crippen molar-refractivity contribution in [2.45, 2.75) is 0 Å². The first-order valence-electron chi connectivity index (χ1n) is 6.38. The van der Waals surface area contributed by atoms with Crippen LogP contribution in [-0.4, -0.2) is 16.9 Å². The van der Waals surface area contributed by atoms with Crippen LogP contribution in [0.3, 0.4) is 0 Å². The van der Waals surface area contributed by atoms with Gasteiger partial charge in [-0.2, -0.15) is 0 Å². The van der Waals surface area contributed by atoms with Gasteiger partial charge < -0.3 is 0 Å². The Balaban J connectivity index is 2.00. The first-order valence-corrected chi connectivity index (χ1v) is 8.77. The number of anilines is 1. The van der Waals surface area contributed by atoms with Gasteiger partial charge in [-0.25, -0.2) is 0 Å². The summed E-state index contributed by atoms with van der Waals surface area (Å²) in [5, 5.41) is 3.14. The molecule has 116 valence electrons. The monoisotopic (exact) mass is 426 g/mol. The van der Waals surface area contributed by atoms with Crippen LogP contribution in [0, 0.1) is 0 Å². The van der Waals surface area contributed by atoms with E-state index in [4.69, 9.17) is 23.8 Å². The van der Waals surface area contributed by atoms with Crippen molar-refractivity contribution in [2.75, 3.05) is 4.90 Å². The predicted molar refractivity (Wildman–Crippen MR) is 99.7 cm³/mol. The summed E-state index contributed by atoms with van der Waals surface area (Å²) in [6.07, 6.45) is 1.55. The standard InChI is InChI=1S/C15H8BrClN2O2S2/c16-12-6-5-10(23-12)7-11-13(20)18-15(22)19(14(11)21)9-3-1-8(17)2-4-9/h1-7H,(H,18,20,22)/b11-7+. The molecule has 1 saturated heterocycles. The summed E-state index contributed by atoms with van der Waals surface area (Å²) in [5.41, 5.74) is 0.575. The predicted octanol–water partition coefficient (Wildman–Crippen LogP) is 4.00. The third-order valence-corrected chi connectivity index (χ3v) is 5.17. The van der Waals surface area contributed by atoms with Crippen LogP contribution < -0.4 is 10.2 Å². The number of nitrogens with zero attached hydrogens (tertiary/aromatic N) is 1. The van der Waals surface area contributed by atoms with Crippen molar-refractivity contribution in [3.8, 4) is 0 Å². The molecule has 2 heterocycles. The molecule has 1 aliphatic heterocycles. The van der Waals surface area contributed by atoms with Crippen molar-refractivity contribution < 1.29 is 9.59 Å². The Labute approximate surface area is 154 Å². The number of benzene rings is 1. The molecule has 8 heteroatoms. The van der Waals surface area contributed by atoms with E-state index in [1.807, 2.05) is 12.1 Å². The zero-order valence-corrected chi connectivity index (χ0v) is 15.4. The fourth-order valence-electron chi connectivity index (χ4n) is 2.03. The molecule has 2 aromatic rings. The molecule has 1 aromatic heterocycles. The number of thiophene rings is 1. The highest BCUT2D eigenvalue weighted by atomic mass is 79.9. The first kappa shape index (κ1) is 16.3. The van der Waals surface area contributed by atoms with E-state index in [0.29, 0.717) is 10.7 Å². The van der Waals surface area contributed by atoms with E-state index < -0.39 is 11.8 Å². The molecule has 0 spiro atoms. The number of carbonyl (C=O) groups is 2. The fourth-order valence-corrected chi connectivity index (χ4v) is 3.80. The topological polar surface area (TPSA) is 49.4 Å². The Hall–Kier alpha value is -1.54. The van der Waals surface area contributed by atoms with Crippen LogP contribution >= 0.6 is 51.1 Å². The van der Waals surface area contributed by atoms with Gasteiger partial charge in [-0.3, -0.25) is 19.8 Å². The molecule has 0 unspecified atom stereocenters. The number of amides is 2. The van der Waals surface area contributed by atoms with E-state index in [-0.39, 0.29) is 10.7 Å². The number of hydrogen-bond donors (Lipinski definition) is 1. The molecular formula is C15H8BrClN2O2S2. The number of thiocarbonyl (C=S) groups is 1. The average Bonchev–Trinajstić information content (AvgIpc) is 2.91. The molecular weight excluding hydrogens is 420 g/mol. The summed E-state index contributed by atoms with van der Waals surface area (Å²) in [6, 6.07) is 10.3. The minimum atomic E-state index is -0.505. The number of rotatable bonds is 2. The number of hydrogen-bond acceptors (Lipinski definition) is 4. The summed E-state index contributed by atoms with van der Waals surface area (Å²) in [4.78, 5) is 26.9. The summed E-state index contributed by atoms with van der Waals surface area (Å²) >= 11 is 15.8. The molecule has 1 fully saturated rings. The second-order valence-electron chi connectivity index (χ2n) is 4.58. The summed E-state index contributed by atoms with van der Waals surface area (Å²) < 4.78 is 0.915. The lowest BCUT2D eigenvalue weighted by Crippen LogP contribution is -2.54. The van der Waals surface area contributed by atoms with Gasteiger partial charge in [0.05, 0.1) is 9.47 Å². The molecule has 1 aliphatic rings. The van der Waals surface area contributed by atoms with Gasteiger partial charge >= 0.3 is 0 Å². The van der Waals surface area contributed by atoms with Crippen molar-refractivity contribution in [3.05, 3.63) is 55.7 Å². The van der Waals surface area contributed by atoms with Gasteiger partial charge in [-0.15, -0.1) is 11.3 Å². The lowest BCUT2D eigenvalue weighted by Gasteiger charge is -2.28. The SMILES string of the molecule is O=C1NC(=S)N(c2ccc(Cl)cc2)C(=O)/C1=C/c1ccc(Br)s1. The highest BCUT2D eigenvalue weighted by Crippen LogP contribution is 2.27. The molecule has 3 rings (SSSR count). The van der Waals surface area contributed by atoms with Gasteiger partial charge in [0, 0.05) is 9.90 Å². The lowest BCUT2D eigenvalue weighted by atomic mass is 10.1. The van der Waals surface area contributed by atoms with Gasteiger partial charge in [0.2, 0.25) is 0 Å². The zero-order chi connectivity index (χ0) is 16.6. The molecule has 0 radical (unpaired) electrons. The van der Waals surface area contributed by atoms with Crippen LogP contribution in [0.15, 0.2) is 45.8 Å². The highest BCUT2D eigenvalue weighted by molar-refractivity contribution is 9.11. The maximum atomic E-state index is 12.7. The Morgan fingerprint density at radius 3 is 2.48 bits per heavy atom. The van der Waals surface area contributed by atoms with Crippen LogP contribution in [0.4, 0.5) is 5.69 Å². The lowest BCUT2D eigenvalue weighted by molar-refractivity contribution is -0.122. The van der Waals surface area contributed by atoms with Crippen molar-refractivity contribution in [1.29, 1.82) is 0 Å². The molecule has 0 atom stereocenters. The molecule has 1 N–H and O–H groups in total. The third kappa shape index (κ3) is 3.37. The maximum Gasteiger partial charge on any atom is 0.270 e. The van der Waals surface area contributed by atoms with Crippen LogP contribution in [0.1, 0.15) is 4.88 Å². The van der Waals surface area contributed by atoms with Crippen LogP contribution in [0.25, 0.3) is 6.08 Å². The Kier molecular flexibility index (Phi) is 4.63. The van der Waals surface area contributed by atoms with Crippen molar-refractivity contribution in [2.24, 2.45) is 0 Å². The molecule has 1 aromatic carbocycles. The quantitative estimate of drug-likeness (QED) is 0.448.